The maximum Gasteiger partial charge on any atom is 0.253 e. The van der Waals surface area contributed by atoms with Crippen molar-refractivity contribution in [2.24, 2.45) is 5.73 Å². The smallest absolute Gasteiger partial charge is 0.253 e. The van der Waals surface area contributed by atoms with Crippen LogP contribution in [0.3, 0.4) is 0 Å². The summed E-state index contributed by atoms with van der Waals surface area (Å²) >= 11 is 0. The molecule has 0 aromatic heterocycles. The molecule has 2 amide bonds. The second-order valence-corrected chi connectivity index (χ2v) is 4.34. The third-order valence-corrected chi connectivity index (χ3v) is 2.67. The fourth-order valence-corrected chi connectivity index (χ4v) is 1.81. The van der Waals surface area contributed by atoms with E-state index >= 15 is 0 Å². The Labute approximate surface area is 109 Å². The van der Waals surface area contributed by atoms with E-state index in [0.29, 0.717) is 11.5 Å². The van der Waals surface area contributed by atoms with Crippen LogP contribution in [0.25, 0.3) is 0 Å². The molecular formula is C12H15N3O4. The summed E-state index contributed by atoms with van der Waals surface area (Å²) in [5.41, 5.74) is 11.4. The van der Waals surface area contributed by atoms with Gasteiger partial charge in [0.2, 0.25) is 12.7 Å². The lowest BCUT2D eigenvalue weighted by Gasteiger charge is -2.13. The molecule has 5 N–H and O–H groups in total. The average molecular weight is 265 g/mol. The van der Waals surface area contributed by atoms with Gasteiger partial charge in [-0.2, -0.15) is 0 Å². The molecule has 2 rings (SSSR count). The van der Waals surface area contributed by atoms with E-state index in [2.05, 4.69) is 5.32 Å². The normalized spacial score (nSPS) is 13.9. The lowest BCUT2D eigenvalue weighted by Crippen LogP contribution is -2.36. The van der Waals surface area contributed by atoms with Crippen molar-refractivity contribution in [1.82, 2.24) is 5.32 Å². The molecule has 1 unspecified atom stereocenters. The lowest BCUT2D eigenvalue weighted by atomic mass is 10.1. The molecule has 0 radical (unpaired) electrons. The first-order chi connectivity index (χ1) is 8.97. The van der Waals surface area contributed by atoms with E-state index in [1.165, 1.54) is 12.1 Å². The maximum atomic E-state index is 12.0. The number of primary amides is 1. The van der Waals surface area contributed by atoms with Gasteiger partial charge in [0.15, 0.2) is 11.5 Å². The Morgan fingerprint density at radius 3 is 2.63 bits per heavy atom. The molecule has 0 aliphatic carbocycles. The molecule has 7 nitrogen and oxygen atoms in total. The Hall–Kier alpha value is -2.44. The highest BCUT2D eigenvalue weighted by Crippen LogP contribution is 2.35. The molecule has 0 fully saturated rings. The highest BCUT2D eigenvalue weighted by Gasteiger charge is 2.20. The third-order valence-electron chi connectivity index (χ3n) is 2.67. The van der Waals surface area contributed by atoms with E-state index in [0.717, 1.165) is 0 Å². The van der Waals surface area contributed by atoms with Crippen molar-refractivity contribution in [2.45, 2.75) is 19.4 Å². The largest absolute Gasteiger partial charge is 0.454 e. The van der Waals surface area contributed by atoms with Crippen LogP contribution in [0, 0.1) is 0 Å². The van der Waals surface area contributed by atoms with Crippen LogP contribution in [0.5, 0.6) is 11.5 Å². The Balaban J connectivity index is 2.13. The van der Waals surface area contributed by atoms with Crippen LogP contribution in [0.1, 0.15) is 23.7 Å². The van der Waals surface area contributed by atoms with Crippen molar-refractivity contribution in [1.29, 1.82) is 0 Å². The summed E-state index contributed by atoms with van der Waals surface area (Å²) in [6.07, 6.45) is 0.0657. The number of nitrogens with two attached hydrogens (primary N) is 2. The minimum atomic E-state index is -0.480. The summed E-state index contributed by atoms with van der Waals surface area (Å²) in [7, 11) is 0. The summed E-state index contributed by atoms with van der Waals surface area (Å²) in [6.45, 7) is 1.80. The van der Waals surface area contributed by atoms with Gasteiger partial charge in [0.05, 0.1) is 5.56 Å². The molecule has 1 aliphatic rings. The van der Waals surface area contributed by atoms with Gasteiger partial charge in [0, 0.05) is 24.2 Å². The van der Waals surface area contributed by atoms with Gasteiger partial charge in [0.25, 0.3) is 5.91 Å². The number of carbonyl (C=O) groups is 2. The first kappa shape index (κ1) is 13.0. The summed E-state index contributed by atoms with van der Waals surface area (Å²) in [5.74, 6) is 0.122. The monoisotopic (exact) mass is 265 g/mol. The fraction of sp³-hybridized carbons (Fsp3) is 0.333. The molecule has 1 aromatic rings. The van der Waals surface area contributed by atoms with Crippen LogP contribution < -0.4 is 26.3 Å². The summed E-state index contributed by atoms with van der Waals surface area (Å²) in [5, 5.41) is 2.64. The molecule has 1 atom stereocenters. The van der Waals surface area contributed by atoms with Gasteiger partial charge >= 0.3 is 0 Å². The number of anilines is 1. The minimum Gasteiger partial charge on any atom is -0.454 e. The summed E-state index contributed by atoms with van der Waals surface area (Å²) < 4.78 is 10.3. The Morgan fingerprint density at radius 1 is 1.37 bits per heavy atom. The van der Waals surface area contributed by atoms with Gasteiger partial charge in [-0.25, -0.2) is 0 Å². The predicted molar refractivity (Wildman–Crippen MR) is 67.7 cm³/mol. The standard InChI is InChI=1S/C12H15N3O4/c1-6(2-11(14)16)15-12(17)7-3-9-10(4-8(7)13)19-5-18-9/h3-4,6H,2,5,13H2,1H3,(H2,14,16)(H,15,17). The van der Waals surface area contributed by atoms with Crippen molar-refractivity contribution in [2.75, 3.05) is 12.5 Å². The molecule has 0 saturated heterocycles. The van der Waals surface area contributed by atoms with Crippen LogP contribution in [-0.2, 0) is 4.79 Å². The van der Waals surface area contributed by atoms with Crippen molar-refractivity contribution >= 4 is 17.5 Å². The second kappa shape index (κ2) is 5.05. The molecule has 1 aromatic carbocycles. The Bertz CT molecular complexity index is 530. The first-order valence-corrected chi connectivity index (χ1v) is 5.75. The number of amides is 2. The zero-order chi connectivity index (χ0) is 14.0. The number of hydrogen-bond donors (Lipinski definition) is 3. The number of fused-ring (bicyclic) bond motifs is 1. The zero-order valence-electron chi connectivity index (χ0n) is 10.4. The van der Waals surface area contributed by atoms with Gasteiger partial charge in [-0.1, -0.05) is 0 Å². The zero-order valence-corrected chi connectivity index (χ0v) is 10.4. The lowest BCUT2D eigenvalue weighted by molar-refractivity contribution is -0.118. The Morgan fingerprint density at radius 2 is 2.00 bits per heavy atom. The first-order valence-electron chi connectivity index (χ1n) is 5.75. The SMILES string of the molecule is CC(CC(N)=O)NC(=O)c1cc2c(cc1N)OCO2. The highest BCUT2D eigenvalue weighted by molar-refractivity contribution is 6.00. The molecule has 0 bridgehead atoms. The number of nitrogens with one attached hydrogen (secondary N) is 1. The van der Waals surface area contributed by atoms with Gasteiger partial charge in [-0.15, -0.1) is 0 Å². The van der Waals surface area contributed by atoms with Gasteiger partial charge < -0.3 is 26.3 Å². The number of nitrogen functional groups attached to an aromatic ring is 1. The van der Waals surface area contributed by atoms with E-state index in [4.69, 9.17) is 20.9 Å². The number of rotatable bonds is 4. The minimum absolute atomic E-state index is 0.0657. The van der Waals surface area contributed by atoms with Crippen molar-refractivity contribution in [3.63, 3.8) is 0 Å². The molecular weight excluding hydrogens is 250 g/mol. The number of hydrogen-bond acceptors (Lipinski definition) is 5. The molecule has 19 heavy (non-hydrogen) atoms. The van der Waals surface area contributed by atoms with Crippen molar-refractivity contribution in [3.8, 4) is 11.5 Å². The predicted octanol–water partition coefficient (Wildman–Crippen LogP) is -0.00880. The number of benzene rings is 1. The molecule has 0 spiro atoms. The third kappa shape index (κ3) is 2.87. The quantitative estimate of drug-likeness (QED) is 0.662. The molecule has 1 heterocycles. The second-order valence-electron chi connectivity index (χ2n) is 4.34. The van der Waals surface area contributed by atoms with Crippen molar-refractivity contribution in [3.05, 3.63) is 17.7 Å². The van der Waals surface area contributed by atoms with E-state index in [-0.39, 0.29) is 36.4 Å². The van der Waals surface area contributed by atoms with E-state index < -0.39 is 5.91 Å². The molecule has 102 valence electrons. The van der Waals surface area contributed by atoms with Crippen LogP contribution in [0.2, 0.25) is 0 Å². The maximum absolute atomic E-state index is 12.0. The van der Waals surface area contributed by atoms with E-state index in [9.17, 15) is 9.59 Å². The average Bonchev–Trinajstić information content (AvgIpc) is 2.73. The van der Waals surface area contributed by atoms with E-state index in [1.54, 1.807) is 6.92 Å². The Kier molecular flexibility index (Phi) is 3.46. The van der Waals surface area contributed by atoms with Crippen LogP contribution in [0.4, 0.5) is 5.69 Å². The summed E-state index contributed by atoms with van der Waals surface area (Å²) in [4.78, 5) is 22.8. The highest BCUT2D eigenvalue weighted by atomic mass is 16.7. The molecule has 1 aliphatic heterocycles. The van der Waals surface area contributed by atoms with Crippen LogP contribution in [-0.4, -0.2) is 24.6 Å². The summed E-state index contributed by atoms with van der Waals surface area (Å²) in [6, 6.07) is 2.69. The topological polar surface area (TPSA) is 117 Å². The fourth-order valence-electron chi connectivity index (χ4n) is 1.81. The van der Waals surface area contributed by atoms with Gasteiger partial charge in [-0.05, 0) is 13.0 Å². The molecule has 0 saturated carbocycles. The van der Waals surface area contributed by atoms with E-state index in [1.807, 2.05) is 0 Å². The van der Waals surface area contributed by atoms with Gasteiger partial charge in [-0.3, -0.25) is 9.59 Å². The molecule has 7 heteroatoms. The van der Waals surface area contributed by atoms with Crippen molar-refractivity contribution < 1.29 is 19.1 Å². The van der Waals surface area contributed by atoms with Crippen LogP contribution >= 0.6 is 0 Å². The number of carbonyl (C=O) groups excluding carboxylic acids is 2. The number of ether oxygens (including phenoxy) is 2. The van der Waals surface area contributed by atoms with Gasteiger partial charge in [0.1, 0.15) is 0 Å². The van der Waals surface area contributed by atoms with Crippen LogP contribution in [0.15, 0.2) is 12.1 Å².